The smallest absolute Gasteiger partial charge is 0.344 e. The molecule has 160 valence electrons. The molecule has 1 heterocycles. The molecule has 3 aromatic rings. The molecule has 1 aliphatic rings. The summed E-state index contributed by atoms with van der Waals surface area (Å²) >= 11 is 0. The van der Waals surface area contributed by atoms with E-state index in [1.165, 1.54) is 16.7 Å². The molecule has 4 rings (SSSR count). The van der Waals surface area contributed by atoms with Crippen molar-refractivity contribution in [3.05, 3.63) is 64.3 Å². The molecule has 0 unspecified atom stereocenters. The second-order valence-electron chi connectivity index (χ2n) is 7.54. The zero-order chi connectivity index (χ0) is 22.0. The molecule has 0 bridgehead atoms. The molecule has 31 heavy (non-hydrogen) atoms. The van der Waals surface area contributed by atoms with Gasteiger partial charge in [-0.1, -0.05) is 35.5 Å². The van der Waals surface area contributed by atoms with Crippen LogP contribution in [0.1, 0.15) is 46.6 Å². The quantitative estimate of drug-likeness (QED) is 0.539. The Morgan fingerprint density at radius 3 is 2.35 bits per heavy atom. The van der Waals surface area contributed by atoms with Gasteiger partial charge in [0.15, 0.2) is 5.76 Å². The van der Waals surface area contributed by atoms with Crippen LogP contribution < -0.4 is 0 Å². The molecular weight excluding hydrogens is 394 g/mol. The van der Waals surface area contributed by atoms with E-state index >= 15 is 0 Å². The van der Waals surface area contributed by atoms with Crippen molar-refractivity contribution >= 4 is 11.9 Å². The molecule has 0 spiro atoms. The van der Waals surface area contributed by atoms with Crippen molar-refractivity contribution < 1.29 is 23.6 Å². The lowest BCUT2D eigenvalue weighted by molar-refractivity contribution is -0.142. The minimum absolute atomic E-state index is 0.206. The van der Waals surface area contributed by atoms with E-state index in [2.05, 4.69) is 29.4 Å². The second-order valence-corrected chi connectivity index (χ2v) is 7.54. The first-order chi connectivity index (χ1) is 15.0. The summed E-state index contributed by atoms with van der Waals surface area (Å²) in [4.78, 5) is 24.2. The summed E-state index contributed by atoms with van der Waals surface area (Å²) < 4.78 is 15.7. The molecule has 2 aromatic carbocycles. The van der Waals surface area contributed by atoms with Gasteiger partial charge in [0.25, 0.3) is 0 Å². The van der Waals surface area contributed by atoms with Crippen molar-refractivity contribution in [1.29, 1.82) is 0 Å². The van der Waals surface area contributed by atoms with E-state index in [0.29, 0.717) is 30.2 Å². The summed E-state index contributed by atoms with van der Waals surface area (Å²) in [6.07, 6.45) is 2.03. The van der Waals surface area contributed by atoms with Crippen molar-refractivity contribution in [2.45, 2.75) is 40.0 Å². The maximum absolute atomic E-state index is 12.4. The zero-order valence-electron chi connectivity index (χ0n) is 18.0. The molecule has 0 aliphatic heterocycles. The van der Waals surface area contributed by atoms with Gasteiger partial charge in [-0.15, -0.1) is 0 Å². The predicted octanol–water partition coefficient (Wildman–Crippen LogP) is 4.70. The van der Waals surface area contributed by atoms with Gasteiger partial charge < -0.3 is 14.0 Å². The lowest BCUT2D eigenvalue weighted by atomic mass is 9.83. The number of benzene rings is 2. The van der Waals surface area contributed by atoms with Gasteiger partial charge in [0.1, 0.15) is 5.56 Å². The third kappa shape index (κ3) is 4.10. The fourth-order valence-electron chi connectivity index (χ4n) is 4.09. The fraction of sp³-hybridized carbons (Fsp3) is 0.320. The number of hydrogen-bond donors (Lipinski definition) is 0. The largest absolute Gasteiger partial charge is 0.466 e. The zero-order valence-corrected chi connectivity index (χ0v) is 18.0. The van der Waals surface area contributed by atoms with Crippen LogP contribution in [0.4, 0.5) is 0 Å². The van der Waals surface area contributed by atoms with Crippen LogP contribution in [0.15, 0.2) is 40.9 Å². The maximum atomic E-state index is 12.4. The summed E-state index contributed by atoms with van der Waals surface area (Å²) in [5.74, 6) is -0.189. The highest BCUT2D eigenvalue weighted by Crippen LogP contribution is 2.37. The summed E-state index contributed by atoms with van der Waals surface area (Å²) in [6, 6.07) is 12.2. The Morgan fingerprint density at radius 1 is 0.968 bits per heavy atom. The molecule has 0 saturated heterocycles. The Morgan fingerprint density at radius 2 is 1.65 bits per heavy atom. The van der Waals surface area contributed by atoms with Gasteiger partial charge in [-0.05, 0) is 67.5 Å². The lowest BCUT2D eigenvalue weighted by Crippen LogP contribution is -2.09. The molecule has 0 fully saturated rings. The van der Waals surface area contributed by atoms with Gasteiger partial charge in [-0.25, -0.2) is 4.79 Å². The van der Waals surface area contributed by atoms with Gasteiger partial charge >= 0.3 is 11.9 Å². The van der Waals surface area contributed by atoms with E-state index in [0.717, 1.165) is 29.5 Å². The van der Waals surface area contributed by atoms with Crippen LogP contribution in [0, 0.1) is 6.92 Å². The van der Waals surface area contributed by atoms with Gasteiger partial charge in [0, 0.05) is 5.56 Å². The Balaban J connectivity index is 1.65. The number of aryl methyl sites for hydroxylation is 3. The van der Waals surface area contributed by atoms with E-state index < -0.39 is 5.97 Å². The normalized spacial score (nSPS) is 12.1. The van der Waals surface area contributed by atoms with E-state index in [4.69, 9.17) is 14.0 Å². The minimum atomic E-state index is -0.423. The third-order valence-electron chi connectivity index (χ3n) is 5.49. The molecule has 1 aliphatic carbocycles. The molecular formula is C25H25NO5. The van der Waals surface area contributed by atoms with Crippen LogP contribution in [0.5, 0.6) is 0 Å². The summed E-state index contributed by atoms with van der Waals surface area (Å²) in [5.41, 5.74) is 7.41. The first-order valence-corrected chi connectivity index (χ1v) is 10.6. The van der Waals surface area contributed by atoms with Crippen molar-refractivity contribution in [3.8, 4) is 22.5 Å². The standard InChI is InChI=1S/C25H25NO5/c1-4-29-22(27)13-16-6-10-20-17(12-16)7-8-18-14-19(9-11-21(18)20)24-23(15(3)26-31-24)25(28)30-5-2/h6,9-12,14H,4-5,7-8,13H2,1-3H3. The highest BCUT2D eigenvalue weighted by Gasteiger charge is 2.25. The average Bonchev–Trinajstić information content (AvgIpc) is 3.15. The number of carbonyl (C=O) groups excluding carboxylic acids is 2. The fourth-order valence-corrected chi connectivity index (χ4v) is 4.09. The van der Waals surface area contributed by atoms with Gasteiger partial charge in [-0.3, -0.25) is 4.79 Å². The lowest BCUT2D eigenvalue weighted by Gasteiger charge is -2.21. The van der Waals surface area contributed by atoms with Crippen molar-refractivity contribution in [2.24, 2.45) is 0 Å². The molecule has 0 amide bonds. The molecule has 6 heteroatoms. The van der Waals surface area contributed by atoms with E-state index in [-0.39, 0.29) is 12.4 Å². The van der Waals surface area contributed by atoms with Crippen LogP contribution >= 0.6 is 0 Å². The van der Waals surface area contributed by atoms with E-state index in [1.807, 2.05) is 19.1 Å². The van der Waals surface area contributed by atoms with Crippen molar-refractivity contribution in [2.75, 3.05) is 13.2 Å². The van der Waals surface area contributed by atoms with Crippen LogP contribution in [0.25, 0.3) is 22.5 Å². The number of aromatic nitrogens is 1. The van der Waals surface area contributed by atoms with Crippen LogP contribution in [0.3, 0.4) is 0 Å². The molecule has 0 saturated carbocycles. The SMILES string of the molecule is CCOC(=O)Cc1ccc2c(c1)CCc1cc(-c3onc(C)c3C(=O)OCC)ccc1-2. The Bertz CT molecular complexity index is 1140. The predicted molar refractivity (Wildman–Crippen MR) is 116 cm³/mol. The molecule has 0 radical (unpaired) electrons. The van der Waals surface area contributed by atoms with Crippen LogP contribution in [-0.4, -0.2) is 30.3 Å². The molecule has 1 aromatic heterocycles. The monoisotopic (exact) mass is 419 g/mol. The maximum Gasteiger partial charge on any atom is 0.344 e. The highest BCUT2D eigenvalue weighted by atomic mass is 16.5. The number of hydrogen-bond acceptors (Lipinski definition) is 6. The number of ether oxygens (including phenoxy) is 2. The minimum Gasteiger partial charge on any atom is -0.466 e. The summed E-state index contributed by atoms with van der Waals surface area (Å²) in [6.45, 7) is 6.01. The van der Waals surface area contributed by atoms with Gasteiger partial charge in [0.05, 0.1) is 25.3 Å². The first-order valence-electron chi connectivity index (χ1n) is 10.6. The summed E-state index contributed by atoms with van der Waals surface area (Å²) in [5, 5.41) is 3.98. The molecule has 0 N–H and O–H groups in total. The number of fused-ring (bicyclic) bond motifs is 3. The van der Waals surface area contributed by atoms with Crippen LogP contribution in [0.2, 0.25) is 0 Å². The highest BCUT2D eigenvalue weighted by molar-refractivity contribution is 5.97. The third-order valence-corrected chi connectivity index (χ3v) is 5.49. The first kappa shape index (κ1) is 20.8. The summed E-state index contributed by atoms with van der Waals surface area (Å²) in [7, 11) is 0. The average molecular weight is 419 g/mol. The number of esters is 2. The van der Waals surface area contributed by atoms with Crippen LogP contribution in [-0.2, 0) is 33.5 Å². The van der Waals surface area contributed by atoms with Gasteiger partial charge in [-0.2, -0.15) is 0 Å². The Labute approximate surface area is 181 Å². The number of nitrogens with zero attached hydrogens (tertiary/aromatic N) is 1. The van der Waals surface area contributed by atoms with E-state index in [9.17, 15) is 9.59 Å². The van der Waals surface area contributed by atoms with Crippen molar-refractivity contribution in [1.82, 2.24) is 5.16 Å². The van der Waals surface area contributed by atoms with Gasteiger partial charge in [0.2, 0.25) is 0 Å². The molecule has 6 nitrogen and oxygen atoms in total. The van der Waals surface area contributed by atoms with Crippen molar-refractivity contribution in [3.63, 3.8) is 0 Å². The van der Waals surface area contributed by atoms with E-state index in [1.54, 1.807) is 13.8 Å². The Hall–Kier alpha value is -3.41. The number of rotatable bonds is 6. The second kappa shape index (κ2) is 8.76. The Kier molecular flexibility index (Phi) is 5.89. The number of carbonyl (C=O) groups is 2. The molecule has 0 atom stereocenters. The topological polar surface area (TPSA) is 78.6 Å².